The van der Waals surface area contributed by atoms with E-state index in [0.29, 0.717) is 36.2 Å². The summed E-state index contributed by atoms with van der Waals surface area (Å²) in [6, 6.07) is 8.71. The highest BCUT2D eigenvalue weighted by molar-refractivity contribution is 7.91. The van der Waals surface area contributed by atoms with Gasteiger partial charge in [0.2, 0.25) is 5.89 Å². The van der Waals surface area contributed by atoms with Crippen molar-refractivity contribution in [1.82, 2.24) is 9.78 Å². The number of sulfone groups is 1. The molecule has 27 heavy (non-hydrogen) atoms. The highest BCUT2D eigenvalue weighted by Gasteiger charge is 2.29. The Morgan fingerprint density at radius 3 is 2.63 bits per heavy atom. The van der Waals surface area contributed by atoms with Crippen LogP contribution in [0.3, 0.4) is 0 Å². The van der Waals surface area contributed by atoms with Gasteiger partial charge in [0.15, 0.2) is 16.5 Å². The number of hydrogen-bond donors (Lipinski definition) is 1. The number of rotatable bonds is 7. The number of benzene rings is 1. The molecule has 1 aliphatic heterocycles. The summed E-state index contributed by atoms with van der Waals surface area (Å²) >= 11 is 5.29. The van der Waals surface area contributed by atoms with Crippen molar-refractivity contribution in [2.24, 2.45) is 5.92 Å². The van der Waals surface area contributed by atoms with Gasteiger partial charge in [-0.3, -0.25) is 0 Å². The Bertz CT molecular complexity index is 930. The van der Waals surface area contributed by atoms with Gasteiger partial charge in [0.1, 0.15) is 6.54 Å². The van der Waals surface area contributed by atoms with Crippen LogP contribution in [0.4, 0.5) is 0 Å². The van der Waals surface area contributed by atoms with Gasteiger partial charge in [0.05, 0.1) is 18.6 Å². The molecule has 1 aromatic heterocycles. The molecule has 0 amide bonds. The highest BCUT2D eigenvalue weighted by Crippen LogP contribution is 2.22. The second kappa shape index (κ2) is 8.24. The number of quaternary nitrogens is 1. The van der Waals surface area contributed by atoms with E-state index in [-0.39, 0.29) is 17.4 Å². The lowest BCUT2D eigenvalue weighted by molar-refractivity contribution is -0.917. The van der Waals surface area contributed by atoms with Crippen LogP contribution in [0.5, 0.6) is 0 Å². The average molecular weight is 411 g/mol. The lowest BCUT2D eigenvalue weighted by Crippen LogP contribution is -3.07. The first-order valence-electron chi connectivity index (χ1n) is 9.39. The Labute approximate surface area is 166 Å². The third kappa shape index (κ3) is 5.49. The quantitative estimate of drug-likeness (QED) is 0.707. The van der Waals surface area contributed by atoms with E-state index in [9.17, 15) is 8.42 Å². The van der Waals surface area contributed by atoms with Crippen molar-refractivity contribution >= 4 is 22.1 Å². The molecule has 0 radical (unpaired) electrons. The number of nitrogens with zero attached hydrogens (tertiary/aromatic N) is 2. The maximum atomic E-state index is 11.6. The number of nitrogens with one attached hydrogen (secondary N) is 1. The van der Waals surface area contributed by atoms with Gasteiger partial charge in [-0.05, 0) is 36.0 Å². The van der Waals surface area contributed by atoms with E-state index in [1.165, 1.54) is 16.0 Å². The summed E-state index contributed by atoms with van der Waals surface area (Å²) < 4.78 is 30.5. The fraction of sp³-hybridized carbons (Fsp3) is 0.579. The molecule has 1 N–H and O–H groups in total. The Balaban J connectivity index is 1.58. The maximum absolute atomic E-state index is 11.6. The Kier molecular flexibility index (Phi) is 6.18. The third-order valence-electron chi connectivity index (χ3n) is 5.01. The molecule has 2 atom stereocenters. The van der Waals surface area contributed by atoms with Crippen LogP contribution in [0.15, 0.2) is 28.7 Å². The fourth-order valence-electron chi connectivity index (χ4n) is 3.49. The predicted octanol–water partition coefficient (Wildman–Crippen LogP) is 1.98. The molecule has 2 aromatic rings. The second-order valence-electron chi connectivity index (χ2n) is 7.92. The molecule has 2 heterocycles. The Morgan fingerprint density at radius 2 is 2.04 bits per heavy atom. The number of aromatic nitrogens is 2. The summed E-state index contributed by atoms with van der Waals surface area (Å²) in [4.78, 5) is 1.59. The van der Waals surface area contributed by atoms with E-state index in [2.05, 4.69) is 50.3 Å². The zero-order valence-electron chi connectivity index (χ0n) is 16.1. The molecule has 0 spiro atoms. The van der Waals surface area contributed by atoms with Crippen LogP contribution < -0.4 is 4.90 Å². The number of hydrogen-bond acceptors (Lipinski definition) is 5. The summed E-state index contributed by atoms with van der Waals surface area (Å²) in [5, 5.41) is 4.47. The van der Waals surface area contributed by atoms with E-state index < -0.39 is 9.84 Å². The summed E-state index contributed by atoms with van der Waals surface area (Å²) in [6.07, 6.45) is 1.21. The molecule has 1 aromatic carbocycles. The SMILES string of the molecule is CC(C)c1ccc(C[NH+](C)Cn2nc(C[C@H]3CCS(=O)(=O)C3)oc2=S)cc1. The molecule has 148 valence electrons. The molecule has 1 saturated heterocycles. The van der Waals surface area contributed by atoms with Crippen molar-refractivity contribution in [3.8, 4) is 0 Å². The molecule has 1 fully saturated rings. The van der Waals surface area contributed by atoms with Crippen molar-refractivity contribution < 1.29 is 17.7 Å². The molecule has 1 unspecified atom stereocenters. The summed E-state index contributed by atoms with van der Waals surface area (Å²) in [5.74, 6) is 1.64. The highest BCUT2D eigenvalue weighted by atomic mass is 32.2. The summed E-state index contributed by atoms with van der Waals surface area (Å²) in [5.41, 5.74) is 2.61. The normalized spacial score (nSPS) is 20.2. The van der Waals surface area contributed by atoms with Gasteiger partial charge in [0.25, 0.3) is 4.84 Å². The third-order valence-corrected chi connectivity index (χ3v) is 7.14. The van der Waals surface area contributed by atoms with Crippen LogP contribution >= 0.6 is 12.2 Å². The van der Waals surface area contributed by atoms with Crippen LogP contribution in [0.1, 0.15) is 43.2 Å². The largest absolute Gasteiger partial charge is 0.414 e. The Morgan fingerprint density at radius 1 is 1.33 bits per heavy atom. The molecule has 3 rings (SSSR count). The molecular weight excluding hydrogens is 382 g/mol. The van der Waals surface area contributed by atoms with Crippen LogP contribution in [0.25, 0.3) is 0 Å². The van der Waals surface area contributed by atoms with E-state index >= 15 is 0 Å². The van der Waals surface area contributed by atoms with Crippen molar-refractivity contribution in [3.63, 3.8) is 0 Å². The lowest BCUT2D eigenvalue weighted by Gasteiger charge is -2.14. The predicted molar refractivity (Wildman–Crippen MR) is 107 cm³/mol. The van der Waals surface area contributed by atoms with Gasteiger partial charge in [-0.15, -0.1) is 5.10 Å². The van der Waals surface area contributed by atoms with E-state index in [1.54, 1.807) is 4.68 Å². The first-order chi connectivity index (χ1) is 12.7. The van der Waals surface area contributed by atoms with Crippen molar-refractivity contribution in [3.05, 3.63) is 46.1 Å². The van der Waals surface area contributed by atoms with Crippen LogP contribution in [0, 0.1) is 10.8 Å². The van der Waals surface area contributed by atoms with Crippen molar-refractivity contribution in [2.75, 3.05) is 18.6 Å². The molecule has 8 heteroatoms. The van der Waals surface area contributed by atoms with Crippen LogP contribution in [0.2, 0.25) is 0 Å². The maximum Gasteiger partial charge on any atom is 0.291 e. The van der Waals surface area contributed by atoms with Gasteiger partial charge in [0, 0.05) is 12.0 Å². The average Bonchev–Trinajstić information content (AvgIpc) is 3.09. The lowest BCUT2D eigenvalue weighted by atomic mass is 10.0. The van der Waals surface area contributed by atoms with E-state index in [0.717, 1.165) is 6.54 Å². The minimum absolute atomic E-state index is 0.0843. The molecule has 0 aliphatic carbocycles. The molecule has 1 aliphatic rings. The molecular formula is C19H28N3O3S2+. The summed E-state index contributed by atoms with van der Waals surface area (Å²) in [7, 11) is -0.794. The van der Waals surface area contributed by atoms with Crippen molar-refractivity contribution in [2.45, 2.75) is 45.8 Å². The van der Waals surface area contributed by atoms with Gasteiger partial charge in [-0.2, -0.15) is 4.68 Å². The Hall–Kier alpha value is -1.51. The summed E-state index contributed by atoms with van der Waals surface area (Å²) in [6.45, 7) is 5.86. The van der Waals surface area contributed by atoms with Gasteiger partial charge in [-0.1, -0.05) is 38.1 Å². The van der Waals surface area contributed by atoms with Gasteiger partial charge >= 0.3 is 0 Å². The van der Waals surface area contributed by atoms with Crippen molar-refractivity contribution in [1.29, 1.82) is 0 Å². The van der Waals surface area contributed by atoms with Gasteiger partial charge in [-0.25, -0.2) is 8.42 Å². The molecule has 0 bridgehead atoms. The topological polar surface area (TPSA) is 69.5 Å². The van der Waals surface area contributed by atoms with Gasteiger partial charge < -0.3 is 9.32 Å². The standard InChI is InChI=1S/C19H27N3O3S2/c1-14(2)17-6-4-15(5-7-17)11-21(3)13-22-19(26)25-18(20-22)10-16-8-9-27(23,24)12-16/h4-7,14,16H,8-13H2,1-3H3/p+1/t16-/m1/s1. The fourth-order valence-corrected chi connectivity index (χ4v) is 5.56. The monoisotopic (exact) mass is 410 g/mol. The van der Waals surface area contributed by atoms with E-state index in [1.807, 2.05) is 0 Å². The zero-order chi connectivity index (χ0) is 19.6. The first-order valence-corrected chi connectivity index (χ1v) is 11.6. The molecule has 0 saturated carbocycles. The minimum atomic E-state index is -2.89. The molecule has 6 nitrogen and oxygen atoms in total. The smallest absolute Gasteiger partial charge is 0.291 e. The van der Waals surface area contributed by atoms with Crippen LogP contribution in [-0.2, 0) is 29.5 Å². The first kappa shape index (κ1) is 20.2. The minimum Gasteiger partial charge on any atom is -0.414 e. The second-order valence-corrected chi connectivity index (χ2v) is 10.5. The van der Waals surface area contributed by atoms with E-state index in [4.69, 9.17) is 16.6 Å². The zero-order valence-corrected chi connectivity index (χ0v) is 17.8. The van der Waals surface area contributed by atoms with Crippen LogP contribution in [-0.4, -0.2) is 36.8 Å².